The monoisotopic (exact) mass is 214 g/mol. The van der Waals surface area contributed by atoms with Gasteiger partial charge in [-0.05, 0) is 0 Å². The van der Waals surface area contributed by atoms with Crippen LogP contribution in [0.1, 0.15) is 0 Å². The van der Waals surface area contributed by atoms with Crippen LogP contribution < -0.4 is 0 Å². The fourth-order valence-corrected chi connectivity index (χ4v) is 0.385. The maximum Gasteiger partial charge on any atom is 0.231 e. The third-order valence-corrected chi connectivity index (χ3v) is 0.667. The molecule has 0 amide bonds. The van der Waals surface area contributed by atoms with Gasteiger partial charge in [-0.15, -0.1) is 0 Å². The summed E-state index contributed by atoms with van der Waals surface area (Å²) in [5, 5.41) is 10.8. The van der Waals surface area contributed by atoms with E-state index in [4.69, 9.17) is 25.0 Å². The number of isocyanates is 2. The van der Waals surface area contributed by atoms with Gasteiger partial charge in [0.15, 0.2) is 0 Å². The van der Waals surface area contributed by atoms with Crippen molar-refractivity contribution in [3.8, 4) is 0 Å². The highest BCUT2D eigenvalue weighted by Gasteiger charge is 1.57. The second kappa shape index (κ2) is 30.3. The number of carbonyl (C=O) groups excluding carboxylic acids is 2. The highest BCUT2D eigenvalue weighted by Crippen LogP contribution is 1.79. The Labute approximate surface area is 83.4 Å². The van der Waals surface area contributed by atoms with Gasteiger partial charge in [0.05, 0.1) is 9.12 Å². The summed E-state index contributed by atoms with van der Waals surface area (Å²) in [5.74, 6) is 0. The summed E-state index contributed by atoms with van der Waals surface area (Å²) in [6, 6.07) is 12.0. The molecule has 2 N–H and O–H groups in total. The van der Waals surface area contributed by atoms with Gasteiger partial charge in [0.25, 0.3) is 0 Å². The summed E-state index contributed by atoms with van der Waals surface area (Å²) in [7, 11) is 0.611. The van der Waals surface area contributed by atoms with E-state index in [0.29, 0.717) is 9.12 Å². The van der Waals surface area contributed by atoms with Gasteiger partial charge in [0.2, 0.25) is 12.2 Å². The van der Waals surface area contributed by atoms with Crippen molar-refractivity contribution in [1.29, 1.82) is 10.8 Å². The molecule has 0 aliphatic rings. The standard InChI is InChI=1S/C6H6.2CHNO.H3OP/c1-2-4-6-5-3-1;2*2-1-3;1-2/h1-6H;2*2H;2H3. The lowest BCUT2D eigenvalue weighted by Gasteiger charge is -1.69. The molecule has 0 fully saturated rings. The summed E-state index contributed by atoms with van der Waals surface area (Å²) in [4.78, 5) is 16.7. The SMILES string of the molecule is N=C=O.N=C=O.O=[PH3].c1ccccc1. The smallest absolute Gasteiger partial charge is 0.231 e. The van der Waals surface area contributed by atoms with Gasteiger partial charge in [-0.2, -0.15) is 0 Å². The number of nitrogens with one attached hydrogen (secondary N) is 2. The van der Waals surface area contributed by atoms with Gasteiger partial charge >= 0.3 is 0 Å². The van der Waals surface area contributed by atoms with Crippen molar-refractivity contribution in [2.45, 2.75) is 0 Å². The third kappa shape index (κ3) is 48.9. The molecule has 0 radical (unpaired) electrons. The predicted molar refractivity (Wildman–Crippen MR) is 55.1 cm³/mol. The molecule has 1 aromatic rings. The highest BCUT2D eigenvalue weighted by molar-refractivity contribution is 7.00. The molecule has 1 unspecified atom stereocenters. The number of rotatable bonds is 0. The van der Waals surface area contributed by atoms with E-state index in [9.17, 15) is 0 Å². The molecule has 5 nitrogen and oxygen atoms in total. The molecular formula is C8H11N2O3P. The van der Waals surface area contributed by atoms with Gasteiger partial charge in [-0.1, -0.05) is 36.4 Å². The number of hydrogen-bond acceptors (Lipinski definition) is 5. The molecular weight excluding hydrogens is 203 g/mol. The summed E-state index contributed by atoms with van der Waals surface area (Å²) < 4.78 is 8.28. The van der Waals surface area contributed by atoms with E-state index in [1.807, 2.05) is 36.4 Å². The molecule has 0 saturated heterocycles. The molecule has 0 spiro atoms. The van der Waals surface area contributed by atoms with Crippen molar-refractivity contribution in [3.63, 3.8) is 0 Å². The lowest BCUT2D eigenvalue weighted by molar-refractivity contribution is 0.562. The average Bonchev–Trinajstić information content (AvgIpc) is 2.26. The van der Waals surface area contributed by atoms with Gasteiger partial charge in [0, 0.05) is 0 Å². The van der Waals surface area contributed by atoms with E-state index in [1.54, 1.807) is 0 Å². The Morgan fingerprint density at radius 1 is 0.714 bits per heavy atom. The van der Waals surface area contributed by atoms with Crippen molar-refractivity contribution >= 4 is 21.3 Å². The van der Waals surface area contributed by atoms with Gasteiger partial charge in [-0.25, -0.2) is 20.4 Å². The Bertz CT molecular complexity index is 216. The van der Waals surface area contributed by atoms with Crippen molar-refractivity contribution in [1.82, 2.24) is 0 Å². The van der Waals surface area contributed by atoms with Crippen molar-refractivity contribution < 1.29 is 14.2 Å². The van der Waals surface area contributed by atoms with Gasteiger partial charge < -0.3 is 4.57 Å². The van der Waals surface area contributed by atoms with E-state index in [0.717, 1.165) is 12.2 Å². The zero-order chi connectivity index (χ0) is 11.7. The minimum absolute atomic E-state index is 0.611. The molecule has 0 heterocycles. The third-order valence-electron chi connectivity index (χ3n) is 0.667. The molecule has 14 heavy (non-hydrogen) atoms. The molecule has 1 rings (SSSR count). The summed E-state index contributed by atoms with van der Waals surface area (Å²) in [6.07, 6.45) is 1.50. The summed E-state index contributed by atoms with van der Waals surface area (Å²) >= 11 is 0. The van der Waals surface area contributed by atoms with Crippen LogP contribution in [0, 0.1) is 10.8 Å². The maximum atomic E-state index is 8.35. The van der Waals surface area contributed by atoms with Crippen LogP contribution in [0.2, 0.25) is 0 Å². The molecule has 1 atom stereocenters. The van der Waals surface area contributed by atoms with E-state index < -0.39 is 0 Å². The molecule has 0 aromatic heterocycles. The maximum absolute atomic E-state index is 8.35. The fraction of sp³-hybridized carbons (Fsp3) is 0. The zero-order valence-electron chi connectivity index (χ0n) is 7.40. The van der Waals surface area contributed by atoms with Crippen LogP contribution in [0.3, 0.4) is 0 Å². The van der Waals surface area contributed by atoms with Gasteiger partial charge in [0.1, 0.15) is 0 Å². The van der Waals surface area contributed by atoms with Gasteiger partial charge in [-0.3, -0.25) is 0 Å². The van der Waals surface area contributed by atoms with Crippen LogP contribution in [0.4, 0.5) is 0 Å². The molecule has 1 aromatic carbocycles. The van der Waals surface area contributed by atoms with Crippen LogP contribution in [-0.4, -0.2) is 12.2 Å². The normalized spacial score (nSPS) is 5.14. The van der Waals surface area contributed by atoms with E-state index >= 15 is 0 Å². The van der Waals surface area contributed by atoms with Crippen LogP contribution in [0.15, 0.2) is 36.4 Å². The van der Waals surface area contributed by atoms with Crippen LogP contribution >= 0.6 is 9.12 Å². The lowest BCUT2D eigenvalue weighted by atomic mass is 10.4. The molecule has 0 bridgehead atoms. The molecule has 0 aliphatic heterocycles. The Morgan fingerprint density at radius 3 is 0.857 bits per heavy atom. The van der Waals surface area contributed by atoms with Crippen molar-refractivity contribution in [3.05, 3.63) is 36.4 Å². The quantitative estimate of drug-likeness (QED) is 0.388. The van der Waals surface area contributed by atoms with Crippen LogP contribution in [0.5, 0.6) is 0 Å². The van der Waals surface area contributed by atoms with E-state index in [2.05, 4.69) is 0 Å². The van der Waals surface area contributed by atoms with Crippen LogP contribution in [-0.2, 0) is 14.2 Å². The number of benzene rings is 1. The van der Waals surface area contributed by atoms with Crippen molar-refractivity contribution in [2.24, 2.45) is 0 Å². The zero-order valence-corrected chi connectivity index (χ0v) is 8.81. The highest BCUT2D eigenvalue weighted by atomic mass is 31.0. The first-order valence-electron chi connectivity index (χ1n) is 3.20. The topological polar surface area (TPSA) is 98.9 Å². The van der Waals surface area contributed by atoms with Crippen molar-refractivity contribution in [2.75, 3.05) is 0 Å². The Morgan fingerprint density at radius 2 is 0.786 bits per heavy atom. The van der Waals surface area contributed by atoms with E-state index in [1.165, 1.54) is 0 Å². The molecule has 6 heteroatoms. The van der Waals surface area contributed by atoms with Crippen LogP contribution in [0.25, 0.3) is 0 Å². The molecule has 0 saturated carbocycles. The summed E-state index contributed by atoms with van der Waals surface area (Å²) in [6.45, 7) is 0. The summed E-state index contributed by atoms with van der Waals surface area (Å²) in [5.41, 5.74) is 0. The minimum Gasteiger partial charge on any atom is -0.333 e. The Balaban J connectivity index is -0.000000132. The first-order valence-corrected chi connectivity index (χ1v) is 3.77. The largest absolute Gasteiger partial charge is 0.333 e. The number of hydrogen-bond donors (Lipinski definition) is 2. The first kappa shape index (κ1) is 18.1. The Hall–Kier alpha value is -1.79. The average molecular weight is 214 g/mol. The lowest BCUT2D eigenvalue weighted by Crippen LogP contribution is -1.47. The molecule has 0 aliphatic carbocycles. The second-order valence-electron chi connectivity index (χ2n) is 1.36. The first-order chi connectivity index (χ1) is 6.83. The van der Waals surface area contributed by atoms with E-state index in [-0.39, 0.29) is 0 Å². The predicted octanol–water partition coefficient (Wildman–Crippen LogP) is 1.43. The Kier molecular flexibility index (Phi) is 39.2. The minimum atomic E-state index is 0.611. The fourth-order valence-electron chi connectivity index (χ4n) is 0.385. The second-order valence-corrected chi connectivity index (χ2v) is 1.36. The molecule has 76 valence electrons.